The molecule has 1 amide bonds. The summed E-state index contributed by atoms with van der Waals surface area (Å²) in [6.07, 6.45) is 1.75. The topological polar surface area (TPSA) is 45.2 Å². The number of rotatable bonds is 5. The van der Waals surface area contributed by atoms with Gasteiger partial charge in [0.15, 0.2) is 0 Å². The number of carbonyl (C=O) groups excluding carboxylic acids is 1. The lowest BCUT2D eigenvalue weighted by Crippen LogP contribution is -2.22. The van der Waals surface area contributed by atoms with Gasteiger partial charge in [-0.3, -0.25) is 4.79 Å². The summed E-state index contributed by atoms with van der Waals surface area (Å²) in [4.78, 5) is 18.8. The van der Waals surface area contributed by atoms with E-state index >= 15 is 0 Å². The first-order chi connectivity index (χ1) is 10.5. The normalized spacial score (nSPS) is 10.4. The minimum Gasteiger partial charge on any atom is -0.371 e. The molecule has 0 saturated heterocycles. The lowest BCUT2D eigenvalue weighted by molar-refractivity contribution is 0.102. The quantitative estimate of drug-likeness (QED) is 0.913. The molecule has 0 spiro atoms. The van der Waals surface area contributed by atoms with Crippen LogP contribution in [-0.4, -0.2) is 24.0 Å². The van der Waals surface area contributed by atoms with Crippen LogP contribution in [0.2, 0.25) is 0 Å². The van der Waals surface area contributed by atoms with Crippen molar-refractivity contribution in [3.8, 4) is 0 Å². The second kappa shape index (κ2) is 7.07. The Balaban J connectivity index is 2.14. The zero-order valence-corrected chi connectivity index (χ0v) is 13.7. The van der Waals surface area contributed by atoms with Crippen LogP contribution >= 0.6 is 0 Å². The first-order valence-corrected chi connectivity index (χ1v) is 7.64. The van der Waals surface area contributed by atoms with Crippen LogP contribution in [0.4, 0.5) is 11.4 Å². The molecule has 0 atom stereocenters. The van der Waals surface area contributed by atoms with Gasteiger partial charge in [0.25, 0.3) is 5.91 Å². The van der Waals surface area contributed by atoms with Crippen molar-refractivity contribution < 1.29 is 4.79 Å². The highest BCUT2D eigenvalue weighted by molar-refractivity contribution is 6.03. The number of amides is 1. The molecule has 0 fully saturated rings. The van der Waals surface area contributed by atoms with Gasteiger partial charge in [0.1, 0.15) is 5.69 Å². The molecule has 1 aromatic carbocycles. The fourth-order valence-electron chi connectivity index (χ4n) is 2.35. The van der Waals surface area contributed by atoms with Crippen LogP contribution in [0.25, 0.3) is 0 Å². The summed E-state index contributed by atoms with van der Waals surface area (Å²) in [7, 11) is 0. The molecule has 2 aromatic rings. The Morgan fingerprint density at radius 3 is 2.45 bits per heavy atom. The highest BCUT2D eigenvalue weighted by Crippen LogP contribution is 2.18. The molecule has 0 radical (unpaired) electrons. The van der Waals surface area contributed by atoms with E-state index in [9.17, 15) is 4.79 Å². The van der Waals surface area contributed by atoms with E-state index in [-0.39, 0.29) is 5.91 Å². The third-order valence-corrected chi connectivity index (χ3v) is 3.75. The van der Waals surface area contributed by atoms with Crippen molar-refractivity contribution in [1.82, 2.24) is 4.98 Å². The van der Waals surface area contributed by atoms with Crippen LogP contribution in [0.15, 0.2) is 36.5 Å². The van der Waals surface area contributed by atoms with E-state index in [4.69, 9.17) is 0 Å². The van der Waals surface area contributed by atoms with Gasteiger partial charge in [-0.05, 0) is 57.0 Å². The maximum absolute atomic E-state index is 12.3. The average Bonchev–Trinajstić information content (AvgIpc) is 2.53. The van der Waals surface area contributed by atoms with E-state index in [1.54, 1.807) is 12.3 Å². The Morgan fingerprint density at radius 2 is 1.86 bits per heavy atom. The molecule has 0 unspecified atom stereocenters. The van der Waals surface area contributed by atoms with Gasteiger partial charge < -0.3 is 10.2 Å². The predicted molar refractivity (Wildman–Crippen MR) is 91.7 cm³/mol. The van der Waals surface area contributed by atoms with Crippen LogP contribution in [0, 0.1) is 13.8 Å². The Kier molecular flexibility index (Phi) is 5.15. The lowest BCUT2D eigenvalue weighted by atomic mass is 10.1. The monoisotopic (exact) mass is 297 g/mol. The summed E-state index contributed by atoms with van der Waals surface area (Å²) >= 11 is 0. The number of hydrogen-bond donors (Lipinski definition) is 1. The number of pyridine rings is 1. The minimum atomic E-state index is -0.181. The number of aryl methyl sites for hydroxylation is 2. The third kappa shape index (κ3) is 3.64. The molecule has 1 aromatic heterocycles. The van der Waals surface area contributed by atoms with Crippen molar-refractivity contribution in [1.29, 1.82) is 0 Å². The third-order valence-electron chi connectivity index (χ3n) is 3.75. The minimum absolute atomic E-state index is 0.181. The Hall–Kier alpha value is -2.36. The molecule has 1 heterocycles. The molecule has 0 aliphatic carbocycles. The largest absolute Gasteiger partial charge is 0.371 e. The summed E-state index contributed by atoms with van der Waals surface area (Å²) in [5, 5.41) is 2.93. The van der Waals surface area contributed by atoms with Crippen molar-refractivity contribution in [2.75, 3.05) is 23.3 Å². The van der Waals surface area contributed by atoms with Crippen molar-refractivity contribution >= 4 is 17.3 Å². The first-order valence-electron chi connectivity index (χ1n) is 7.64. The van der Waals surface area contributed by atoms with Crippen LogP contribution in [0.3, 0.4) is 0 Å². The van der Waals surface area contributed by atoms with E-state index < -0.39 is 0 Å². The number of anilines is 2. The van der Waals surface area contributed by atoms with Gasteiger partial charge in [0.2, 0.25) is 0 Å². The van der Waals surface area contributed by atoms with Gasteiger partial charge in [-0.15, -0.1) is 0 Å². The highest BCUT2D eigenvalue weighted by atomic mass is 16.1. The molecule has 1 N–H and O–H groups in total. The summed E-state index contributed by atoms with van der Waals surface area (Å²) in [5.41, 5.74) is 4.45. The maximum Gasteiger partial charge on any atom is 0.274 e. The van der Waals surface area contributed by atoms with Gasteiger partial charge in [0, 0.05) is 18.8 Å². The van der Waals surface area contributed by atoms with Crippen molar-refractivity contribution in [3.63, 3.8) is 0 Å². The van der Waals surface area contributed by atoms with E-state index in [1.807, 2.05) is 38.1 Å². The van der Waals surface area contributed by atoms with Gasteiger partial charge in [-0.25, -0.2) is 4.98 Å². The number of nitrogens with one attached hydrogen (secondary N) is 1. The molecule has 22 heavy (non-hydrogen) atoms. The van der Waals surface area contributed by atoms with Crippen molar-refractivity contribution in [2.45, 2.75) is 27.7 Å². The van der Waals surface area contributed by atoms with E-state index in [1.165, 1.54) is 0 Å². The summed E-state index contributed by atoms with van der Waals surface area (Å²) in [6.45, 7) is 10.0. The van der Waals surface area contributed by atoms with Gasteiger partial charge in [-0.2, -0.15) is 0 Å². The van der Waals surface area contributed by atoms with Crippen LogP contribution in [0.1, 0.15) is 35.5 Å². The van der Waals surface area contributed by atoms with Gasteiger partial charge in [-0.1, -0.05) is 12.1 Å². The number of aromatic nitrogens is 1. The molecular weight excluding hydrogens is 274 g/mol. The highest BCUT2D eigenvalue weighted by Gasteiger charge is 2.10. The predicted octanol–water partition coefficient (Wildman–Crippen LogP) is 3.80. The molecule has 0 aliphatic rings. The number of benzene rings is 1. The second-order valence-electron chi connectivity index (χ2n) is 5.35. The molecule has 0 aliphatic heterocycles. The molecule has 2 rings (SSSR count). The Morgan fingerprint density at radius 1 is 1.14 bits per heavy atom. The molecule has 0 saturated carbocycles. The Labute approximate surface area is 132 Å². The van der Waals surface area contributed by atoms with Crippen LogP contribution < -0.4 is 10.2 Å². The zero-order valence-electron chi connectivity index (χ0n) is 13.7. The molecular formula is C18H23N3O. The fourth-order valence-corrected chi connectivity index (χ4v) is 2.35. The van der Waals surface area contributed by atoms with Gasteiger partial charge >= 0.3 is 0 Å². The Bertz CT molecular complexity index is 646. The molecule has 0 bridgehead atoms. The van der Waals surface area contributed by atoms with E-state index in [0.717, 1.165) is 35.6 Å². The SMILES string of the molecule is CCN(CC)c1ccc(C(=O)Nc2cc(C)ccc2C)nc1. The molecule has 4 heteroatoms. The second-order valence-corrected chi connectivity index (χ2v) is 5.35. The molecule has 4 nitrogen and oxygen atoms in total. The van der Waals surface area contributed by atoms with Gasteiger partial charge in [0.05, 0.1) is 11.9 Å². The van der Waals surface area contributed by atoms with E-state index in [2.05, 4.69) is 29.0 Å². The van der Waals surface area contributed by atoms with Crippen molar-refractivity contribution in [3.05, 3.63) is 53.3 Å². The number of hydrogen-bond acceptors (Lipinski definition) is 3. The summed E-state index contributed by atoms with van der Waals surface area (Å²) in [6, 6.07) is 9.72. The number of nitrogens with zero attached hydrogens (tertiary/aromatic N) is 2. The number of carbonyl (C=O) groups is 1. The maximum atomic E-state index is 12.3. The summed E-state index contributed by atoms with van der Waals surface area (Å²) in [5.74, 6) is -0.181. The first kappa shape index (κ1) is 16.0. The van der Waals surface area contributed by atoms with E-state index in [0.29, 0.717) is 5.69 Å². The molecule has 116 valence electrons. The zero-order chi connectivity index (χ0) is 16.1. The lowest BCUT2D eigenvalue weighted by Gasteiger charge is -2.20. The smallest absolute Gasteiger partial charge is 0.274 e. The van der Waals surface area contributed by atoms with Crippen molar-refractivity contribution in [2.24, 2.45) is 0 Å². The standard InChI is InChI=1S/C18H23N3O/c1-5-21(6-2)15-9-10-16(19-12-15)18(22)20-17-11-13(3)7-8-14(17)4/h7-12H,5-6H2,1-4H3,(H,20,22). The average molecular weight is 297 g/mol. The van der Waals surface area contributed by atoms with Crippen LogP contribution in [-0.2, 0) is 0 Å². The fraction of sp³-hybridized carbons (Fsp3) is 0.333. The van der Waals surface area contributed by atoms with Crippen LogP contribution in [0.5, 0.6) is 0 Å². The summed E-state index contributed by atoms with van der Waals surface area (Å²) < 4.78 is 0.